The van der Waals surface area contributed by atoms with Crippen molar-refractivity contribution in [3.63, 3.8) is 0 Å². The Kier molecular flexibility index (Phi) is 8.57. The minimum absolute atomic E-state index is 0.131. The Labute approximate surface area is 201 Å². The van der Waals surface area contributed by atoms with E-state index in [9.17, 15) is 19.2 Å². The van der Waals surface area contributed by atoms with Crippen molar-refractivity contribution < 1.29 is 19.2 Å². The quantitative estimate of drug-likeness (QED) is 0.407. The Hall–Kier alpha value is -3.48. The maximum absolute atomic E-state index is 13.2. The topological polar surface area (TPSA) is 86.8 Å². The molecule has 1 heterocycles. The van der Waals surface area contributed by atoms with Gasteiger partial charge in [-0.05, 0) is 44.4 Å². The summed E-state index contributed by atoms with van der Waals surface area (Å²) in [5, 5.41) is 2.91. The molecular formula is C27H33N3O4. The van der Waals surface area contributed by atoms with E-state index in [0.717, 1.165) is 24.0 Å². The Morgan fingerprint density at radius 2 is 1.68 bits per heavy atom. The number of hydrogen-bond donors (Lipinski definition) is 1. The Bertz CT molecular complexity index is 1030. The molecule has 1 aliphatic rings. The summed E-state index contributed by atoms with van der Waals surface area (Å²) in [6.07, 6.45) is 2.31. The molecule has 0 aliphatic carbocycles. The summed E-state index contributed by atoms with van der Waals surface area (Å²) < 4.78 is 0. The number of unbranched alkanes of at least 4 members (excludes halogenated alkanes) is 1. The molecule has 0 radical (unpaired) electrons. The fraction of sp³-hybridized carbons (Fsp3) is 0.407. The number of nitrogens with zero attached hydrogens (tertiary/aromatic N) is 2. The lowest BCUT2D eigenvalue weighted by Crippen LogP contribution is -2.48. The van der Waals surface area contributed by atoms with Gasteiger partial charge < -0.3 is 10.2 Å². The number of amides is 4. The third kappa shape index (κ3) is 5.90. The molecule has 0 bridgehead atoms. The fourth-order valence-corrected chi connectivity index (χ4v) is 4.10. The molecule has 0 fully saturated rings. The highest BCUT2D eigenvalue weighted by Gasteiger charge is 2.35. The summed E-state index contributed by atoms with van der Waals surface area (Å²) in [5.41, 5.74) is 2.83. The number of hydrogen-bond acceptors (Lipinski definition) is 4. The number of benzene rings is 2. The van der Waals surface area contributed by atoms with Gasteiger partial charge in [0.25, 0.3) is 11.8 Å². The van der Waals surface area contributed by atoms with Gasteiger partial charge in [0, 0.05) is 26.1 Å². The summed E-state index contributed by atoms with van der Waals surface area (Å²) in [6, 6.07) is 14.0. The second-order valence-corrected chi connectivity index (χ2v) is 8.74. The van der Waals surface area contributed by atoms with Gasteiger partial charge in [0.2, 0.25) is 11.8 Å². The molecule has 0 saturated heterocycles. The van der Waals surface area contributed by atoms with Gasteiger partial charge in [-0.3, -0.25) is 24.1 Å². The van der Waals surface area contributed by atoms with Crippen LogP contribution in [-0.2, 0) is 16.1 Å². The first-order valence-corrected chi connectivity index (χ1v) is 11.9. The van der Waals surface area contributed by atoms with Crippen molar-refractivity contribution in [2.75, 3.05) is 13.1 Å². The zero-order valence-electron chi connectivity index (χ0n) is 20.2. The van der Waals surface area contributed by atoms with E-state index in [1.807, 2.05) is 31.2 Å². The normalized spacial score (nSPS) is 13.6. The molecule has 2 aromatic carbocycles. The lowest BCUT2D eigenvalue weighted by atomic mass is 10.1. The molecule has 1 N–H and O–H groups in total. The van der Waals surface area contributed by atoms with Gasteiger partial charge in [0.05, 0.1) is 11.1 Å². The van der Waals surface area contributed by atoms with E-state index in [0.29, 0.717) is 30.6 Å². The number of imide groups is 1. The molecular weight excluding hydrogens is 430 g/mol. The van der Waals surface area contributed by atoms with Crippen LogP contribution in [0.1, 0.15) is 71.4 Å². The maximum atomic E-state index is 13.2. The van der Waals surface area contributed by atoms with Crippen LogP contribution in [0.15, 0.2) is 48.5 Å². The van der Waals surface area contributed by atoms with Crippen molar-refractivity contribution >= 4 is 23.6 Å². The second-order valence-electron chi connectivity index (χ2n) is 8.74. The molecule has 0 unspecified atom stereocenters. The van der Waals surface area contributed by atoms with Crippen molar-refractivity contribution in [1.82, 2.24) is 15.1 Å². The fourth-order valence-electron chi connectivity index (χ4n) is 4.10. The predicted molar refractivity (Wildman–Crippen MR) is 130 cm³/mol. The van der Waals surface area contributed by atoms with E-state index in [1.165, 1.54) is 4.90 Å². The molecule has 1 aliphatic heterocycles. The van der Waals surface area contributed by atoms with Crippen molar-refractivity contribution in [2.45, 2.75) is 59.0 Å². The molecule has 0 spiro atoms. The van der Waals surface area contributed by atoms with Crippen molar-refractivity contribution in [3.8, 4) is 0 Å². The van der Waals surface area contributed by atoms with Crippen molar-refractivity contribution in [2.24, 2.45) is 0 Å². The van der Waals surface area contributed by atoms with Gasteiger partial charge in [0.15, 0.2) is 0 Å². The highest BCUT2D eigenvalue weighted by atomic mass is 16.2. The minimum atomic E-state index is -0.635. The summed E-state index contributed by atoms with van der Waals surface area (Å²) >= 11 is 0. The molecule has 0 saturated carbocycles. The maximum Gasteiger partial charge on any atom is 0.261 e. The SMILES string of the molecule is CCCCNC(=O)[C@@H](C)N(Cc1cccc(C)c1)C(=O)CCCN1C(=O)c2ccccc2C1=O. The van der Waals surface area contributed by atoms with Crippen LogP contribution in [0.5, 0.6) is 0 Å². The third-order valence-corrected chi connectivity index (χ3v) is 6.08. The molecule has 4 amide bonds. The summed E-state index contributed by atoms with van der Waals surface area (Å²) in [4.78, 5) is 53.9. The molecule has 1 atom stereocenters. The van der Waals surface area contributed by atoms with Crippen LogP contribution in [0.3, 0.4) is 0 Å². The van der Waals surface area contributed by atoms with Gasteiger partial charge in [-0.25, -0.2) is 0 Å². The molecule has 180 valence electrons. The van der Waals surface area contributed by atoms with Crippen molar-refractivity contribution in [3.05, 3.63) is 70.8 Å². The van der Waals surface area contributed by atoms with Crippen LogP contribution in [0.25, 0.3) is 0 Å². The van der Waals surface area contributed by atoms with Crippen LogP contribution in [0.4, 0.5) is 0 Å². The predicted octanol–water partition coefficient (Wildman–Crippen LogP) is 3.70. The number of carbonyl (C=O) groups excluding carboxylic acids is 4. The van der Waals surface area contributed by atoms with E-state index in [2.05, 4.69) is 12.2 Å². The van der Waals surface area contributed by atoms with E-state index >= 15 is 0 Å². The first-order valence-electron chi connectivity index (χ1n) is 11.9. The van der Waals surface area contributed by atoms with E-state index in [1.54, 1.807) is 36.1 Å². The molecule has 2 aromatic rings. The summed E-state index contributed by atoms with van der Waals surface area (Å²) in [7, 11) is 0. The van der Waals surface area contributed by atoms with Gasteiger partial charge in [0.1, 0.15) is 6.04 Å². The monoisotopic (exact) mass is 463 g/mol. The standard InChI is InChI=1S/C27H33N3O4/c1-4-5-15-28-25(32)20(3)30(18-21-11-8-10-19(2)17-21)24(31)14-9-16-29-26(33)22-12-6-7-13-23(22)27(29)34/h6-8,10-13,17,20H,4-5,9,14-16,18H2,1-3H3,(H,28,32)/t20-/m1/s1. The average molecular weight is 464 g/mol. The largest absolute Gasteiger partial charge is 0.354 e. The lowest BCUT2D eigenvalue weighted by molar-refractivity contribution is -0.140. The zero-order valence-corrected chi connectivity index (χ0v) is 20.2. The highest BCUT2D eigenvalue weighted by molar-refractivity contribution is 6.21. The molecule has 3 rings (SSSR count). The summed E-state index contributed by atoms with van der Waals surface area (Å²) in [6.45, 7) is 6.82. The number of fused-ring (bicyclic) bond motifs is 1. The summed E-state index contributed by atoms with van der Waals surface area (Å²) in [5.74, 6) is -1.02. The van der Waals surface area contributed by atoms with Crippen LogP contribution >= 0.6 is 0 Å². The van der Waals surface area contributed by atoms with Crippen LogP contribution in [-0.4, -0.2) is 52.6 Å². The van der Waals surface area contributed by atoms with Gasteiger partial charge in [-0.1, -0.05) is 55.3 Å². The van der Waals surface area contributed by atoms with Crippen LogP contribution < -0.4 is 5.32 Å². The van der Waals surface area contributed by atoms with Gasteiger partial charge >= 0.3 is 0 Å². The number of carbonyl (C=O) groups is 4. The number of nitrogens with one attached hydrogen (secondary N) is 1. The smallest absolute Gasteiger partial charge is 0.261 e. The molecule has 0 aromatic heterocycles. The lowest BCUT2D eigenvalue weighted by Gasteiger charge is -2.29. The van der Waals surface area contributed by atoms with Gasteiger partial charge in [-0.2, -0.15) is 0 Å². The Balaban J connectivity index is 1.65. The Morgan fingerprint density at radius 1 is 1.00 bits per heavy atom. The van der Waals surface area contributed by atoms with E-state index < -0.39 is 6.04 Å². The third-order valence-electron chi connectivity index (χ3n) is 6.08. The first kappa shape index (κ1) is 25.1. The average Bonchev–Trinajstić information content (AvgIpc) is 3.07. The zero-order chi connectivity index (χ0) is 24.7. The number of aryl methyl sites for hydroxylation is 1. The highest BCUT2D eigenvalue weighted by Crippen LogP contribution is 2.23. The molecule has 34 heavy (non-hydrogen) atoms. The molecule has 7 nitrogen and oxygen atoms in total. The second kappa shape index (κ2) is 11.6. The van der Waals surface area contributed by atoms with E-state index in [4.69, 9.17) is 0 Å². The molecule has 7 heteroatoms. The number of rotatable bonds is 11. The minimum Gasteiger partial charge on any atom is -0.354 e. The van der Waals surface area contributed by atoms with Crippen LogP contribution in [0, 0.1) is 6.92 Å². The van der Waals surface area contributed by atoms with Crippen LogP contribution in [0.2, 0.25) is 0 Å². The Morgan fingerprint density at radius 3 is 2.29 bits per heavy atom. The van der Waals surface area contributed by atoms with Gasteiger partial charge in [-0.15, -0.1) is 0 Å². The van der Waals surface area contributed by atoms with E-state index in [-0.39, 0.29) is 36.6 Å². The first-order chi connectivity index (χ1) is 16.3. The van der Waals surface area contributed by atoms with Crippen molar-refractivity contribution in [1.29, 1.82) is 0 Å².